The van der Waals surface area contributed by atoms with Crippen molar-refractivity contribution in [2.45, 2.75) is 19.3 Å². The van der Waals surface area contributed by atoms with E-state index in [9.17, 15) is 14.7 Å². The van der Waals surface area contributed by atoms with Gasteiger partial charge in [0, 0.05) is 19.5 Å². The Morgan fingerprint density at radius 2 is 1.97 bits per heavy atom. The standard InChI is InChI=1S/C22H29Cl2N3O4/c1-27(10-12-31-13-11-27)9-3-8-26-15-17(20(28)22(26)30)21(29)25-7-2-4-16-5-6-18(23)19(24)14-16/h5-6,14H,2-4,7-13,15H2,1H3,(H-,25,28,29)/p+1. The maximum absolute atomic E-state index is 12.5. The fourth-order valence-corrected chi connectivity index (χ4v) is 4.24. The summed E-state index contributed by atoms with van der Waals surface area (Å²) in [5.74, 6) is -1.30. The number of benzene rings is 1. The van der Waals surface area contributed by atoms with Crippen molar-refractivity contribution in [3.63, 3.8) is 0 Å². The van der Waals surface area contributed by atoms with Crippen molar-refractivity contribution in [3.8, 4) is 0 Å². The number of nitrogens with zero attached hydrogens (tertiary/aromatic N) is 2. The molecule has 2 amide bonds. The summed E-state index contributed by atoms with van der Waals surface area (Å²) in [5.41, 5.74) is 1.18. The van der Waals surface area contributed by atoms with Gasteiger partial charge in [-0.3, -0.25) is 9.59 Å². The minimum absolute atomic E-state index is 0.145. The number of ether oxygens (including phenoxy) is 1. The van der Waals surface area contributed by atoms with Gasteiger partial charge in [0.15, 0.2) is 5.76 Å². The Labute approximate surface area is 193 Å². The molecular weight excluding hydrogens is 441 g/mol. The Morgan fingerprint density at radius 3 is 2.68 bits per heavy atom. The molecule has 1 saturated heterocycles. The lowest BCUT2D eigenvalue weighted by Gasteiger charge is -2.37. The highest BCUT2D eigenvalue weighted by Crippen LogP contribution is 2.23. The van der Waals surface area contributed by atoms with Crippen LogP contribution in [0.25, 0.3) is 0 Å². The number of nitrogens with one attached hydrogen (secondary N) is 1. The summed E-state index contributed by atoms with van der Waals surface area (Å²) < 4.78 is 6.34. The molecule has 0 aliphatic carbocycles. The Bertz CT molecular complexity index is 853. The first kappa shape index (κ1) is 23.9. The van der Waals surface area contributed by atoms with Crippen LogP contribution in [0.2, 0.25) is 10.0 Å². The van der Waals surface area contributed by atoms with Crippen molar-refractivity contribution < 1.29 is 23.9 Å². The van der Waals surface area contributed by atoms with E-state index in [0.717, 1.165) is 55.7 Å². The second-order valence-electron chi connectivity index (χ2n) is 8.42. The number of quaternary nitrogens is 1. The molecule has 3 rings (SSSR count). The summed E-state index contributed by atoms with van der Waals surface area (Å²) >= 11 is 11.9. The van der Waals surface area contributed by atoms with Gasteiger partial charge in [-0.05, 0) is 30.5 Å². The summed E-state index contributed by atoms with van der Waals surface area (Å²) in [6.07, 6.45) is 2.25. The molecular formula is C22H30Cl2N3O4+. The second-order valence-corrected chi connectivity index (χ2v) is 9.23. The molecule has 7 nitrogen and oxygen atoms in total. The molecule has 170 valence electrons. The van der Waals surface area contributed by atoms with Crippen LogP contribution in [-0.4, -0.2) is 85.8 Å². The number of amides is 2. The first-order valence-corrected chi connectivity index (χ1v) is 11.4. The molecule has 0 bridgehead atoms. The van der Waals surface area contributed by atoms with Crippen molar-refractivity contribution in [2.24, 2.45) is 0 Å². The van der Waals surface area contributed by atoms with Gasteiger partial charge in [0.2, 0.25) is 0 Å². The molecule has 1 aromatic carbocycles. The Kier molecular flexibility index (Phi) is 8.22. The molecule has 0 aromatic heterocycles. The number of hydrogen-bond acceptors (Lipinski definition) is 4. The highest BCUT2D eigenvalue weighted by Gasteiger charge is 2.34. The number of likely N-dealkylation sites (N-methyl/N-ethyl adjacent to an activating group) is 1. The molecule has 2 aliphatic rings. The lowest BCUT2D eigenvalue weighted by atomic mass is 10.1. The molecule has 31 heavy (non-hydrogen) atoms. The quantitative estimate of drug-likeness (QED) is 0.429. The van der Waals surface area contributed by atoms with Gasteiger partial charge in [-0.1, -0.05) is 29.3 Å². The number of aliphatic hydroxyl groups is 1. The predicted octanol–water partition coefficient (Wildman–Crippen LogP) is 2.56. The van der Waals surface area contributed by atoms with Gasteiger partial charge in [0.25, 0.3) is 11.8 Å². The van der Waals surface area contributed by atoms with E-state index in [0.29, 0.717) is 29.6 Å². The van der Waals surface area contributed by atoms with E-state index in [-0.39, 0.29) is 12.1 Å². The fourth-order valence-electron chi connectivity index (χ4n) is 3.92. The number of morpholine rings is 1. The molecule has 0 atom stereocenters. The van der Waals surface area contributed by atoms with Gasteiger partial charge >= 0.3 is 0 Å². The SMILES string of the molecule is C[N+]1(CCCN2CC(C(=O)NCCCc3ccc(Cl)c(Cl)c3)=C(O)C2=O)CCOCC1. The van der Waals surface area contributed by atoms with E-state index in [2.05, 4.69) is 12.4 Å². The van der Waals surface area contributed by atoms with Gasteiger partial charge in [0.1, 0.15) is 13.1 Å². The van der Waals surface area contributed by atoms with Crippen LogP contribution in [0.4, 0.5) is 0 Å². The third-order valence-corrected chi connectivity index (χ3v) is 6.73. The number of rotatable bonds is 9. The van der Waals surface area contributed by atoms with Crippen LogP contribution in [0, 0.1) is 0 Å². The third-order valence-electron chi connectivity index (χ3n) is 5.99. The summed E-state index contributed by atoms with van der Waals surface area (Å²) in [6.45, 7) is 5.49. The Balaban J connectivity index is 1.41. The van der Waals surface area contributed by atoms with Crippen LogP contribution in [0.1, 0.15) is 18.4 Å². The van der Waals surface area contributed by atoms with E-state index >= 15 is 0 Å². The summed E-state index contributed by atoms with van der Waals surface area (Å²) in [7, 11) is 2.20. The fraction of sp³-hybridized carbons (Fsp3) is 0.545. The van der Waals surface area contributed by atoms with E-state index in [4.69, 9.17) is 27.9 Å². The Hall–Kier alpha value is -1.80. The minimum Gasteiger partial charge on any atom is -0.503 e. The van der Waals surface area contributed by atoms with Crippen LogP contribution in [0.15, 0.2) is 29.5 Å². The van der Waals surface area contributed by atoms with Crippen molar-refractivity contribution >= 4 is 35.0 Å². The maximum atomic E-state index is 12.5. The summed E-state index contributed by atoms with van der Waals surface area (Å²) in [6, 6.07) is 5.46. The molecule has 0 spiro atoms. The molecule has 1 aromatic rings. The second kappa shape index (κ2) is 10.7. The zero-order chi connectivity index (χ0) is 22.4. The average molecular weight is 471 g/mol. The number of aryl methyl sites for hydroxylation is 1. The van der Waals surface area contributed by atoms with Gasteiger partial charge < -0.3 is 24.5 Å². The van der Waals surface area contributed by atoms with Gasteiger partial charge in [-0.15, -0.1) is 0 Å². The van der Waals surface area contributed by atoms with Crippen molar-refractivity contribution in [1.82, 2.24) is 10.2 Å². The zero-order valence-electron chi connectivity index (χ0n) is 17.8. The molecule has 0 saturated carbocycles. The van der Waals surface area contributed by atoms with Crippen LogP contribution in [0.3, 0.4) is 0 Å². The molecule has 0 unspecified atom stereocenters. The van der Waals surface area contributed by atoms with E-state index in [1.807, 2.05) is 12.1 Å². The molecule has 2 N–H and O–H groups in total. The highest BCUT2D eigenvalue weighted by atomic mass is 35.5. The highest BCUT2D eigenvalue weighted by molar-refractivity contribution is 6.42. The monoisotopic (exact) mass is 470 g/mol. The number of halogens is 2. The number of carbonyl (C=O) groups is 2. The third kappa shape index (κ3) is 6.35. The van der Waals surface area contributed by atoms with Crippen LogP contribution in [0.5, 0.6) is 0 Å². The average Bonchev–Trinajstić information content (AvgIpc) is 3.02. The van der Waals surface area contributed by atoms with Gasteiger partial charge in [0.05, 0.1) is 49.0 Å². The zero-order valence-corrected chi connectivity index (χ0v) is 19.3. The summed E-state index contributed by atoms with van der Waals surface area (Å²) in [5, 5.41) is 14.0. The largest absolute Gasteiger partial charge is 0.503 e. The maximum Gasteiger partial charge on any atom is 0.289 e. The van der Waals surface area contributed by atoms with Crippen molar-refractivity contribution in [3.05, 3.63) is 45.1 Å². The van der Waals surface area contributed by atoms with Crippen LogP contribution >= 0.6 is 23.2 Å². The smallest absolute Gasteiger partial charge is 0.289 e. The normalized spacial score (nSPS) is 18.5. The van der Waals surface area contributed by atoms with Gasteiger partial charge in [-0.2, -0.15) is 0 Å². The lowest BCUT2D eigenvalue weighted by Crippen LogP contribution is -2.52. The molecule has 0 radical (unpaired) electrons. The topological polar surface area (TPSA) is 78.9 Å². The number of aliphatic hydroxyl groups excluding tert-OH is 1. The summed E-state index contributed by atoms with van der Waals surface area (Å²) in [4.78, 5) is 26.4. The molecule has 9 heteroatoms. The number of carbonyl (C=O) groups excluding carboxylic acids is 2. The first-order chi connectivity index (χ1) is 14.8. The van der Waals surface area contributed by atoms with E-state index in [1.165, 1.54) is 0 Å². The molecule has 2 heterocycles. The van der Waals surface area contributed by atoms with E-state index in [1.54, 1.807) is 11.0 Å². The lowest BCUT2D eigenvalue weighted by molar-refractivity contribution is -0.917. The van der Waals surface area contributed by atoms with Gasteiger partial charge in [-0.25, -0.2) is 0 Å². The van der Waals surface area contributed by atoms with Crippen LogP contribution in [-0.2, 0) is 20.7 Å². The van der Waals surface area contributed by atoms with E-state index < -0.39 is 17.6 Å². The molecule has 1 fully saturated rings. The first-order valence-electron chi connectivity index (χ1n) is 10.6. The van der Waals surface area contributed by atoms with Crippen LogP contribution < -0.4 is 5.32 Å². The van der Waals surface area contributed by atoms with Crippen molar-refractivity contribution in [1.29, 1.82) is 0 Å². The minimum atomic E-state index is -0.467. The number of hydrogen-bond donors (Lipinski definition) is 2. The molecule has 2 aliphatic heterocycles. The predicted molar refractivity (Wildman–Crippen MR) is 120 cm³/mol. The van der Waals surface area contributed by atoms with Crippen molar-refractivity contribution in [2.75, 3.05) is 59.5 Å². The Morgan fingerprint density at radius 1 is 1.23 bits per heavy atom.